The van der Waals surface area contributed by atoms with Gasteiger partial charge in [0.25, 0.3) is 5.69 Å². The van der Waals surface area contributed by atoms with Gasteiger partial charge in [-0.25, -0.2) is 0 Å². The highest BCUT2D eigenvalue weighted by Gasteiger charge is 2.19. The summed E-state index contributed by atoms with van der Waals surface area (Å²) in [6.45, 7) is 7.62. The third-order valence-corrected chi connectivity index (χ3v) is 2.57. The predicted molar refractivity (Wildman–Crippen MR) is 89.7 cm³/mol. The van der Waals surface area contributed by atoms with Gasteiger partial charge in [0.1, 0.15) is 5.69 Å². The number of nitrogens with zero attached hydrogens (tertiary/aromatic N) is 3. The Balaban J connectivity index is 3.23. The number of allylic oxidation sites excluding steroid dienone is 4. The van der Waals surface area contributed by atoms with E-state index in [-0.39, 0.29) is 11.4 Å². The topological polar surface area (TPSA) is 111 Å². The average molecular weight is 318 g/mol. The first-order chi connectivity index (χ1) is 10.7. The summed E-state index contributed by atoms with van der Waals surface area (Å²) in [4.78, 5) is 20.4. The zero-order valence-corrected chi connectivity index (χ0v) is 13.4. The van der Waals surface area contributed by atoms with Crippen LogP contribution in [0.15, 0.2) is 46.6 Å². The number of hydrazone groups is 1. The molecule has 0 aliphatic heterocycles. The number of benzene rings is 1. The molecule has 0 amide bonds. The minimum Gasteiger partial charge on any atom is -0.271 e. The molecule has 0 radical (unpaired) electrons. The summed E-state index contributed by atoms with van der Waals surface area (Å²) >= 11 is 0. The van der Waals surface area contributed by atoms with Gasteiger partial charge >= 0.3 is 5.69 Å². The van der Waals surface area contributed by atoms with Crippen molar-refractivity contribution < 1.29 is 9.85 Å². The number of hydrogen-bond donors (Lipinski definition) is 1. The molecule has 23 heavy (non-hydrogen) atoms. The van der Waals surface area contributed by atoms with Gasteiger partial charge < -0.3 is 0 Å². The van der Waals surface area contributed by atoms with Crippen LogP contribution in [0.5, 0.6) is 0 Å². The lowest BCUT2D eigenvalue weighted by molar-refractivity contribution is -0.393. The Labute approximate surface area is 133 Å². The Kier molecular flexibility index (Phi) is 6.13. The molecule has 8 heteroatoms. The molecule has 0 saturated heterocycles. The van der Waals surface area contributed by atoms with Gasteiger partial charge in [-0.15, -0.1) is 0 Å². The lowest BCUT2D eigenvalue weighted by Crippen LogP contribution is -2.01. The second kappa shape index (κ2) is 7.83. The van der Waals surface area contributed by atoms with E-state index in [1.54, 1.807) is 0 Å². The largest absolute Gasteiger partial charge is 0.301 e. The summed E-state index contributed by atoms with van der Waals surface area (Å²) in [7, 11) is 0. The number of nitro benzene ring substituents is 2. The number of non-ortho nitro benzene ring substituents is 1. The van der Waals surface area contributed by atoms with Crippen LogP contribution in [0.1, 0.15) is 27.7 Å². The van der Waals surface area contributed by atoms with E-state index >= 15 is 0 Å². The molecule has 1 aromatic carbocycles. The van der Waals surface area contributed by atoms with Crippen molar-refractivity contribution in [2.45, 2.75) is 27.7 Å². The molecule has 0 fully saturated rings. The van der Waals surface area contributed by atoms with Gasteiger partial charge in [-0.1, -0.05) is 11.1 Å². The molecular weight excluding hydrogens is 300 g/mol. The highest BCUT2D eigenvalue weighted by atomic mass is 16.6. The maximum Gasteiger partial charge on any atom is 0.301 e. The summed E-state index contributed by atoms with van der Waals surface area (Å²) in [5, 5.41) is 25.9. The summed E-state index contributed by atoms with van der Waals surface area (Å²) in [6, 6.07) is 3.36. The van der Waals surface area contributed by atoms with Crippen molar-refractivity contribution in [2.24, 2.45) is 5.10 Å². The van der Waals surface area contributed by atoms with Crippen LogP contribution in [0, 0.1) is 20.2 Å². The molecule has 0 aliphatic rings. The van der Waals surface area contributed by atoms with Gasteiger partial charge in [-0.2, -0.15) is 5.10 Å². The first kappa shape index (κ1) is 18.0. The molecule has 0 saturated carbocycles. The second-order valence-electron chi connectivity index (χ2n) is 5.31. The standard InChI is InChI=1S/C15H18N4O4/c1-10(2)7-12(8-11(3)4)16-17-14-6-5-13(18(20)21)9-15(14)19(22)23/h5-9,17H,1-4H3. The van der Waals surface area contributed by atoms with Crippen molar-refractivity contribution in [3.63, 3.8) is 0 Å². The van der Waals surface area contributed by atoms with Crippen LogP contribution in [0.2, 0.25) is 0 Å². The molecular formula is C15H18N4O4. The predicted octanol–water partition coefficient (Wildman–Crippen LogP) is 4.20. The molecule has 1 rings (SSSR count). The Morgan fingerprint density at radius 3 is 2.04 bits per heavy atom. The van der Waals surface area contributed by atoms with Crippen molar-refractivity contribution in [1.82, 2.24) is 0 Å². The van der Waals surface area contributed by atoms with E-state index in [1.807, 2.05) is 39.8 Å². The van der Waals surface area contributed by atoms with Crippen LogP contribution in [0.25, 0.3) is 0 Å². The molecule has 0 spiro atoms. The van der Waals surface area contributed by atoms with Crippen LogP contribution >= 0.6 is 0 Å². The van der Waals surface area contributed by atoms with Crippen LogP contribution in [-0.2, 0) is 0 Å². The van der Waals surface area contributed by atoms with Crippen molar-refractivity contribution in [3.05, 3.63) is 61.7 Å². The van der Waals surface area contributed by atoms with E-state index in [1.165, 1.54) is 12.1 Å². The Bertz CT molecular complexity index is 692. The van der Waals surface area contributed by atoms with Crippen LogP contribution < -0.4 is 5.43 Å². The van der Waals surface area contributed by atoms with E-state index in [4.69, 9.17) is 0 Å². The fourth-order valence-electron chi connectivity index (χ4n) is 1.70. The smallest absolute Gasteiger partial charge is 0.271 e. The number of anilines is 1. The van der Waals surface area contributed by atoms with Crippen LogP contribution in [0.4, 0.5) is 17.1 Å². The van der Waals surface area contributed by atoms with Gasteiger partial charge in [0.15, 0.2) is 0 Å². The number of nitro groups is 2. The van der Waals surface area contributed by atoms with Crippen molar-refractivity contribution in [1.29, 1.82) is 0 Å². The minimum absolute atomic E-state index is 0.0856. The lowest BCUT2D eigenvalue weighted by Gasteiger charge is -2.04. The maximum atomic E-state index is 11.1. The molecule has 0 aliphatic carbocycles. The number of nitrogens with one attached hydrogen (secondary N) is 1. The Hall–Kier alpha value is -3.03. The second-order valence-corrected chi connectivity index (χ2v) is 5.31. The highest BCUT2D eigenvalue weighted by molar-refractivity contribution is 6.05. The van der Waals surface area contributed by atoms with Crippen molar-refractivity contribution in [2.75, 3.05) is 5.43 Å². The number of rotatable bonds is 6. The van der Waals surface area contributed by atoms with Crippen molar-refractivity contribution >= 4 is 22.8 Å². The summed E-state index contributed by atoms with van der Waals surface area (Å²) in [6.07, 6.45) is 3.63. The minimum atomic E-state index is -0.688. The lowest BCUT2D eigenvalue weighted by atomic mass is 10.2. The van der Waals surface area contributed by atoms with E-state index < -0.39 is 15.5 Å². The van der Waals surface area contributed by atoms with E-state index in [0.717, 1.165) is 17.2 Å². The van der Waals surface area contributed by atoms with Gasteiger partial charge in [-0.05, 0) is 45.9 Å². The summed E-state index contributed by atoms with van der Waals surface area (Å²) in [5.41, 5.74) is 4.56. The van der Waals surface area contributed by atoms with E-state index in [9.17, 15) is 20.2 Å². The fourth-order valence-corrected chi connectivity index (χ4v) is 1.70. The zero-order valence-electron chi connectivity index (χ0n) is 13.4. The molecule has 0 atom stereocenters. The molecule has 0 heterocycles. The first-order valence-corrected chi connectivity index (χ1v) is 6.77. The van der Waals surface area contributed by atoms with Crippen LogP contribution in [-0.4, -0.2) is 15.6 Å². The fraction of sp³-hybridized carbons (Fsp3) is 0.267. The maximum absolute atomic E-state index is 11.1. The molecule has 0 unspecified atom stereocenters. The molecule has 122 valence electrons. The quantitative estimate of drug-likeness (QED) is 0.480. The van der Waals surface area contributed by atoms with Crippen LogP contribution in [0.3, 0.4) is 0 Å². The van der Waals surface area contributed by atoms with E-state index in [0.29, 0.717) is 5.71 Å². The molecule has 1 aromatic rings. The third-order valence-electron chi connectivity index (χ3n) is 2.57. The monoisotopic (exact) mass is 318 g/mol. The van der Waals surface area contributed by atoms with Gasteiger partial charge in [0, 0.05) is 6.07 Å². The first-order valence-electron chi connectivity index (χ1n) is 6.77. The Morgan fingerprint density at radius 1 is 1.04 bits per heavy atom. The summed E-state index contributed by atoms with van der Waals surface area (Å²) in [5.74, 6) is 0. The van der Waals surface area contributed by atoms with Crippen molar-refractivity contribution in [3.8, 4) is 0 Å². The van der Waals surface area contributed by atoms with Gasteiger partial charge in [0.05, 0.1) is 21.6 Å². The molecule has 8 nitrogen and oxygen atoms in total. The van der Waals surface area contributed by atoms with Gasteiger partial charge in [-0.3, -0.25) is 25.7 Å². The van der Waals surface area contributed by atoms with E-state index in [2.05, 4.69) is 10.5 Å². The normalized spacial score (nSPS) is 9.57. The SMILES string of the molecule is CC(C)=CC(C=C(C)C)=NNc1ccc([N+](=O)[O-])cc1[N+](=O)[O-]. The molecule has 1 N–H and O–H groups in total. The zero-order chi connectivity index (χ0) is 17.6. The summed E-state index contributed by atoms with van der Waals surface area (Å²) < 4.78 is 0. The molecule has 0 aromatic heterocycles. The van der Waals surface area contributed by atoms with Gasteiger partial charge in [0.2, 0.25) is 0 Å². The average Bonchev–Trinajstić information content (AvgIpc) is 2.43. The highest BCUT2D eigenvalue weighted by Crippen LogP contribution is 2.28. The molecule has 0 bridgehead atoms. The Morgan fingerprint density at radius 2 is 1.61 bits per heavy atom. The third kappa shape index (κ3) is 5.70. The number of hydrogen-bond acceptors (Lipinski definition) is 6.